The maximum absolute atomic E-state index is 12.4. The van der Waals surface area contributed by atoms with E-state index in [1.807, 2.05) is 44.2 Å². The van der Waals surface area contributed by atoms with Crippen molar-refractivity contribution in [2.75, 3.05) is 13.7 Å². The van der Waals surface area contributed by atoms with Crippen LogP contribution in [0, 0.1) is 6.92 Å². The van der Waals surface area contributed by atoms with Crippen molar-refractivity contribution in [1.82, 2.24) is 5.32 Å². The number of rotatable bonds is 5. The summed E-state index contributed by atoms with van der Waals surface area (Å²) in [6, 6.07) is 9.15. The van der Waals surface area contributed by atoms with E-state index in [9.17, 15) is 4.79 Å². The maximum Gasteiger partial charge on any atom is 0.264 e. The van der Waals surface area contributed by atoms with Crippen molar-refractivity contribution in [1.29, 1.82) is 0 Å². The highest BCUT2D eigenvalue weighted by molar-refractivity contribution is 9.10. The highest BCUT2D eigenvalue weighted by atomic mass is 79.9. The molecule has 28 heavy (non-hydrogen) atoms. The Kier molecular flexibility index (Phi) is 6.69. The third kappa shape index (κ3) is 4.54. The summed E-state index contributed by atoms with van der Waals surface area (Å²) in [5, 5.41) is 3.94. The molecule has 1 fully saturated rings. The van der Waals surface area contributed by atoms with E-state index in [2.05, 4.69) is 26.2 Å². The first-order valence-electron chi connectivity index (χ1n) is 8.48. The number of hydrogen-bond acceptors (Lipinski definition) is 5. The average Bonchev–Trinajstić information content (AvgIpc) is 3.00. The van der Waals surface area contributed by atoms with E-state index >= 15 is 0 Å². The first kappa shape index (κ1) is 20.8. The van der Waals surface area contributed by atoms with Gasteiger partial charge in [0.05, 0.1) is 24.3 Å². The molecule has 0 radical (unpaired) electrons. The monoisotopic (exact) mass is 480 g/mol. The Labute approximate surface area is 181 Å². The van der Waals surface area contributed by atoms with Crippen LogP contribution in [0.5, 0.6) is 11.5 Å². The molecule has 146 valence electrons. The molecule has 1 amide bonds. The van der Waals surface area contributed by atoms with Crippen molar-refractivity contribution in [2.24, 2.45) is 4.99 Å². The number of halogens is 2. The standard InChI is InChI=1S/C20H18BrClN2O3S/c1-4-27-17-8-12(13(21)10-16(17)26-3)9-18-19(25)24-20(28-18)23-15-7-5-6-14(22)11(15)2/h5-10H,4H2,1-3H3,(H,23,24,25)/b18-9+. The quantitative estimate of drug-likeness (QED) is 0.556. The molecule has 2 aromatic rings. The molecule has 0 unspecified atom stereocenters. The summed E-state index contributed by atoms with van der Waals surface area (Å²) in [5.74, 6) is 1.04. The number of amides is 1. The lowest BCUT2D eigenvalue weighted by atomic mass is 10.2. The van der Waals surface area contributed by atoms with Gasteiger partial charge in [-0.2, -0.15) is 0 Å². The van der Waals surface area contributed by atoms with Gasteiger partial charge in [-0.15, -0.1) is 0 Å². The Morgan fingerprint density at radius 3 is 2.82 bits per heavy atom. The molecule has 1 saturated heterocycles. The maximum atomic E-state index is 12.4. The Morgan fingerprint density at radius 1 is 1.32 bits per heavy atom. The van der Waals surface area contributed by atoms with Crippen LogP contribution in [0.1, 0.15) is 18.1 Å². The average molecular weight is 482 g/mol. The second kappa shape index (κ2) is 9.03. The Hall–Kier alpha value is -1.96. The van der Waals surface area contributed by atoms with Crippen molar-refractivity contribution < 1.29 is 14.3 Å². The lowest BCUT2D eigenvalue weighted by Gasteiger charge is -2.11. The van der Waals surface area contributed by atoms with E-state index in [0.29, 0.717) is 33.2 Å². The number of aliphatic imine (C=N–C) groups is 1. The van der Waals surface area contributed by atoms with Gasteiger partial charge in [0, 0.05) is 9.50 Å². The Bertz CT molecular complexity index is 992. The van der Waals surface area contributed by atoms with Crippen LogP contribution in [0.25, 0.3) is 6.08 Å². The van der Waals surface area contributed by atoms with Crippen LogP contribution in [0.4, 0.5) is 5.69 Å². The zero-order valence-corrected chi connectivity index (χ0v) is 18.7. The van der Waals surface area contributed by atoms with Gasteiger partial charge in [-0.05, 0) is 67.1 Å². The third-order valence-corrected chi connectivity index (χ3v) is 5.99. The SMILES string of the molecule is CCOc1cc(/C=C2/SC(=Nc3cccc(Cl)c3C)NC2=O)c(Br)cc1OC. The number of nitrogens with zero attached hydrogens (tertiary/aromatic N) is 1. The Morgan fingerprint density at radius 2 is 2.11 bits per heavy atom. The first-order chi connectivity index (χ1) is 13.4. The molecule has 3 rings (SSSR count). The fourth-order valence-electron chi connectivity index (χ4n) is 2.54. The fourth-order valence-corrected chi connectivity index (χ4v) is 3.97. The summed E-state index contributed by atoms with van der Waals surface area (Å²) in [4.78, 5) is 17.5. The van der Waals surface area contributed by atoms with Gasteiger partial charge in [0.2, 0.25) is 0 Å². The second-order valence-corrected chi connectivity index (χ2v) is 8.12. The summed E-state index contributed by atoms with van der Waals surface area (Å²) in [5.41, 5.74) is 2.39. The molecule has 1 N–H and O–H groups in total. The number of nitrogens with one attached hydrogen (secondary N) is 1. The topological polar surface area (TPSA) is 59.9 Å². The molecule has 0 aromatic heterocycles. The zero-order chi connectivity index (χ0) is 20.3. The van der Waals surface area contributed by atoms with E-state index in [-0.39, 0.29) is 5.91 Å². The molecule has 2 aromatic carbocycles. The lowest BCUT2D eigenvalue weighted by molar-refractivity contribution is -0.115. The molecule has 0 saturated carbocycles. The van der Waals surface area contributed by atoms with Crippen LogP contribution in [-0.2, 0) is 4.79 Å². The smallest absolute Gasteiger partial charge is 0.264 e. The summed E-state index contributed by atoms with van der Waals surface area (Å²) in [6.07, 6.45) is 1.79. The minimum Gasteiger partial charge on any atom is -0.493 e. The molecule has 0 bridgehead atoms. The second-order valence-electron chi connectivity index (χ2n) is 5.82. The first-order valence-corrected chi connectivity index (χ1v) is 10.5. The number of thioether (sulfide) groups is 1. The fraction of sp³-hybridized carbons (Fsp3) is 0.200. The molecule has 1 aliphatic rings. The molecule has 1 heterocycles. The number of amidine groups is 1. The largest absolute Gasteiger partial charge is 0.493 e. The van der Waals surface area contributed by atoms with Crippen molar-refractivity contribution in [3.63, 3.8) is 0 Å². The summed E-state index contributed by atoms with van der Waals surface area (Å²) < 4.78 is 11.8. The van der Waals surface area contributed by atoms with Crippen LogP contribution in [-0.4, -0.2) is 24.8 Å². The van der Waals surface area contributed by atoms with Gasteiger partial charge in [0.1, 0.15) is 0 Å². The lowest BCUT2D eigenvalue weighted by Crippen LogP contribution is -2.19. The predicted octanol–water partition coefficient (Wildman–Crippen LogP) is 5.71. The minimum absolute atomic E-state index is 0.205. The summed E-state index contributed by atoms with van der Waals surface area (Å²) in [7, 11) is 1.59. The number of carbonyl (C=O) groups excluding carboxylic acids is 1. The molecule has 1 aliphatic heterocycles. The predicted molar refractivity (Wildman–Crippen MR) is 119 cm³/mol. The molecule has 5 nitrogen and oxygen atoms in total. The molecule has 0 atom stereocenters. The van der Waals surface area contributed by atoms with Crippen LogP contribution >= 0.6 is 39.3 Å². The number of hydrogen-bond donors (Lipinski definition) is 1. The van der Waals surface area contributed by atoms with E-state index in [1.165, 1.54) is 11.8 Å². The minimum atomic E-state index is -0.205. The number of carbonyl (C=O) groups is 1. The number of benzene rings is 2. The molecule has 0 aliphatic carbocycles. The van der Waals surface area contributed by atoms with E-state index in [1.54, 1.807) is 13.2 Å². The molecule has 0 spiro atoms. The van der Waals surface area contributed by atoms with Crippen LogP contribution in [0.3, 0.4) is 0 Å². The Balaban J connectivity index is 1.92. The van der Waals surface area contributed by atoms with Crippen LogP contribution in [0.2, 0.25) is 5.02 Å². The van der Waals surface area contributed by atoms with Gasteiger partial charge in [0.25, 0.3) is 5.91 Å². The molecular weight excluding hydrogens is 464 g/mol. The highest BCUT2D eigenvalue weighted by Crippen LogP contribution is 2.37. The number of methoxy groups -OCH3 is 1. The third-order valence-electron chi connectivity index (χ3n) is 3.98. The van der Waals surface area contributed by atoms with E-state index in [0.717, 1.165) is 21.3 Å². The van der Waals surface area contributed by atoms with Crippen molar-refractivity contribution in [3.05, 3.63) is 55.9 Å². The van der Waals surface area contributed by atoms with Crippen LogP contribution in [0.15, 0.2) is 44.7 Å². The normalized spacial score (nSPS) is 16.5. The molecule has 8 heteroatoms. The van der Waals surface area contributed by atoms with E-state index < -0.39 is 0 Å². The zero-order valence-electron chi connectivity index (χ0n) is 15.5. The van der Waals surface area contributed by atoms with Gasteiger partial charge in [0.15, 0.2) is 16.7 Å². The van der Waals surface area contributed by atoms with Gasteiger partial charge < -0.3 is 14.8 Å². The van der Waals surface area contributed by atoms with Gasteiger partial charge in [-0.3, -0.25) is 4.79 Å². The van der Waals surface area contributed by atoms with Crippen LogP contribution < -0.4 is 14.8 Å². The highest BCUT2D eigenvalue weighted by Gasteiger charge is 2.24. The number of ether oxygens (including phenoxy) is 2. The van der Waals surface area contributed by atoms with Crippen molar-refractivity contribution >= 4 is 62.1 Å². The summed E-state index contributed by atoms with van der Waals surface area (Å²) in [6.45, 7) is 4.31. The van der Waals surface area contributed by atoms with Crippen molar-refractivity contribution in [3.8, 4) is 11.5 Å². The van der Waals surface area contributed by atoms with Gasteiger partial charge in [-0.1, -0.05) is 33.6 Å². The van der Waals surface area contributed by atoms with E-state index in [4.69, 9.17) is 21.1 Å². The summed E-state index contributed by atoms with van der Waals surface area (Å²) >= 11 is 10.9. The van der Waals surface area contributed by atoms with Gasteiger partial charge in [-0.25, -0.2) is 4.99 Å². The van der Waals surface area contributed by atoms with Crippen molar-refractivity contribution in [2.45, 2.75) is 13.8 Å². The molecular formula is C20H18BrClN2O3S. The van der Waals surface area contributed by atoms with Gasteiger partial charge >= 0.3 is 0 Å².